The minimum Gasteiger partial charge on any atom is -0.299 e. The lowest BCUT2D eigenvalue weighted by atomic mass is 10.2. The van der Waals surface area contributed by atoms with E-state index in [-0.39, 0.29) is 28.9 Å². The fourth-order valence-electron chi connectivity index (χ4n) is 3.54. The Balaban J connectivity index is 1.36. The summed E-state index contributed by atoms with van der Waals surface area (Å²) in [4.78, 5) is 12.6. The van der Waals surface area contributed by atoms with Gasteiger partial charge in [0.05, 0.1) is 11.1 Å². The van der Waals surface area contributed by atoms with Gasteiger partial charge >= 0.3 is 0 Å². The Morgan fingerprint density at radius 1 is 1.03 bits per heavy atom. The Hall–Kier alpha value is -2.72. The highest BCUT2D eigenvalue weighted by Gasteiger charge is 2.40. The topological polar surface area (TPSA) is 85.2 Å². The third kappa shape index (κ3) is 3.10. The van der Waals surface area contributed by atoms with Gasteiger partial charge in [0.25, 0.3) is 15.9 Å². The third-order valence-electron chi connectivity index (χ3n) is 5.13. The summed E-state index contributed by atoms with van der Waals surface area (Å²) in [5.41, 5.74) is 0.585. The van der Waals surface area contributed by atoms with Crippen molar-refractivity contribution in [2.75, 3.05) is 12.3 Å². The van der Waals surface area contributed by atoms with Gasteiger partial charge in [0.15, 0.2) is 11.0 Å². The number of sulfonamides is 1. The molecule has 2 aromatic carbocycles. The van der Waals surface area contributed by atoms with Crippen LogP contribution in [0.3, 0.4) is 0 Å². The number of amides is 1. The van der Waals surface area contributed by atoms with Gasteiger partial charge in [0, 0.05) is 18.3 Å². The number of halogens is 1. The van der Waals surface area contributed by atoms with Crippen molar-refractivity contribution in [3.05, 3.63) is 59.9 Å². The van der Waals surface area contributed by atoms with Gasteiger partial charge in [-0.05, 0) is 37.1 Å². The molecule has 5 rings (SSSR count). The van der Waals surface area contributed by atoms with Gasteiger partial charge in [-0.15, -0.1) is 10.2 Å². The second-order valence-electron chi connectivity index (χ2n) is 7.11. The van der Waals surface area contributed by atoms with Crippen LogP contribution in [0.25, 0.3) is 11.4 Å². The van der Waals surface area contributed by atoms with E-state index in [1.165, 1.54) is 30.0 Å². The molecule has 2 aliphatic rings. The highest BCUT2D eigenvalue weighted by molar-refractivity contribution is 7.99. The van der Waals surface area contributed by atoms with Gasteiger partial charge in [-0.25, -0.2) is 17.1 Å². The molecule has 0 saturated heterocycles. The molecule has 1 fully saturated rings. The predicted octanol–water partition coefficient (Wildman–Crippen LogP) is 3.36. The van der Waals surface area contributed by atoms with Crippen LogP contribution in [0.5, 0.6) is 0 Å². The number of rotatable bonds is 6. The number of thioether (sulfide) groups is 1. The molecule has 1 saturated carbocycles. The second-order valence-corrected chi connectivity index (χ2v) is 10.0. The largest absolute Gasteiger partial charge is 0.299 e. The quantitative estimate of drug-likeness (QED) is 0.542. The molecule has 1 amide bonds. The van der Waals surface area contributed by atoms with Crippen LogP contribution in [0.15, 0.2) is 58.6 Å². The van der Waals surface area contributed by atoms with E-state index in [4.69, 9.17) is 0 Å². The van der Waals surface area contributed by atoms with Crippen LogP contribution >= 0.6 is 11.8 Å². The van der Waals surface area contributed by atoms with Gasteiger partial charge in [-0.2, -0.15) is 0 Å². The summed E-state index contributed by atoms with van der Waals surface area (Å²) in [5, 5.41) is 8.99. The zero-order chi connectivity index (χ0) is 20.9. The maximum Gasteiger partial charge on any atom is 0.269 e. The Morgan fingerprint density at radius 2 is 1.73 bits per heavy atom. The smallest absolute Gasteiger partial charge is 0.269 e. The zero-order valence-electron chi connectivity index (χ0n) is 15.7. The van der Waals surface area contributed by atoms with Gasteiger partial charge < -0.3 is 0 Å². The van der Waals surface area contributed by atoms with Crippen molar-refractivity contribution in [3.8, 4) is 11.4 Å². The summed E-state index contributed by atoms with van der Waals surface area (Å²) in [7, 11) is -3.83. The highest BCUT2D eigenvalue weighted by Crippen LogP contribution is 2.41. The number of benzene rings is 2. The van der Waals surface area contributed by atoms with Crippen molar-refractivity contribution in [3.63, 3.8) is 0 Å². The van der Waals surface area contributed by atoms with Crippen LogP contribution in [-0.4, -0.2) is 45.7 Å². The van der Waals surface area contributed by atoms with Crippen LogP contribution in [0.1, 0.15) is 29.2 Å². The van der Waals surface area contributed by atoms with Crippen molar-refractivity contribution in [2.45, 2.75) is 28.9 Å². The van der Waals surface area contributed by atoms with Crippen molar-refractivity contribution in [1.82, 2.24) is 19.1 Å². The van der Waals surface area contributed by atoms with Crippen molar-refractivity contribution < 1.29 is 17.6 Å². The number of aromatic nitrogens is 3. The third-order valence-corrected chi connectivity index (χ3v) is 7.89. The minimum atomic E-state index is -3.83. The zero-order valence-corrected chi connectivity index (χ0v) is 17.4. The fourth-order valence-corrected chi connectivity index (χ4v) is 6.15. The maximum atomic E-state index is 14.3. The summed E-state index contributed by atoms with van der Waals surface area (Å²) in [5.74, 6) is -0.0895. The molecule has 1 aliphatic heterocycles. The molecule has 30 heavy (non-hydrogen) atoms. The summed E-state index contributed by atoms with van der Waals surface area (Å²) in [6, 6.07) is 12.8. The number of hydrogen-bond donors (Lipinski definition) is 0. The molecule has 0 radical (unpaired) electrons. The van der Waals surface area contributed by atoms with Gasteiger partial charge in [0.2, 0.25) is 0 Å². The van der Waals surface area contributed by atoms with Crippen molar-refractivity contribution >= 4 is 27.7 Å². The van der Waals surface area contributed by atoms with E-state index < -0.39 is 15.9 Å². The van der Waals surface area contributed by atoms with E-state index in [1.54, 1.807) is 30.3 Å². The van der Waals surface area contributed by atoms with Crippen LogP contribution in [0.2, 0.25) is 0 Å². The fraction of sp³-hybridized carbons (Fsp3) is 0.250. The van der Waals surface area contributed by atoms with E-state index in [9.17, 15) is 17.6 Å². The summed E-state index contributed by atoms with van der Waals surface area (Å²) >= 11 is 1.31. The molecule has 1 aliphatic carbocycles. The van der Waals surface area contributed by atoms with Gasteiger partial charge in [-0.1, -0.05) is 36.0 Å². The average Bonchev–Trinajstić information content (AvgIpc) is 3.46. The standard InChI is InChI=1S/C20H17FN4O3S2/c21-16-7-3-1-5-14(16)18-22-23-20(25(18)13-9-10-13)29-12-11-24-19(26)15-6-2-4-8-17(15)30(24,27)28/h1-8,13H,9-12H2. The molecule has 3 aromatic rings. The number of carbonyl (C=O) groups is 1. The summed E-state index contributed by atoms with van der Waals surface area (Å²) < 4.78 is 42.4. The number of carbonyl (C=O) groups excluding carboxylic acids is 1. The predicted molar refractivity (Wildman–Crippen MR) is 109 cm³/mol. The first kappa shape index (κ1) is 19.3. The molecular formula is C20H17FN4O3S2. The lowest BCUT2D eigenvalue weighted by Gasteiger charge is -2.15. The first-order chi connectivity index (χ1) is 14.5. The van der Waals surface area contributed by atoms with E-state index in [0.717, 1.165) is 17.1 Å². The molecular weight excluding hydrogens is 427 g/mol. The molecule has 7 nitrogen and oxygen atoms in total. The number of fused-ring (bicyclic) bond motifs is 1. The van der Waals surface area contributed by atoms with Gasteiger partial charge in [-0.3, -0.25) is 9.36 Å². The lowest BCUT2D eigenvalue weighted by molar-refractivity contribution is 0.0876. The lowest BCUT2D eigenvalue weighted by Crippen LogP contribution is -2.32. The Kier molecular flexibility index (Phi) is 4.62. The van der Waals surface area contributed by atoms with Crippen molar-refractivity contribution in [2.24, 2.45) is 0 Å². The first-order valence-corrected chi connectivity index (χ1v) is 11.9. The molecule has 0 bridgehead atoms. The SMILES string of the molecule is O=C1c2ccccc2S(=O)(=O)N1CCSc1nnc(-c2ccccc2F)n1C1CC1. The molecule has 0 atom stereocenters. The number of hydrogen-bond acceptors (Lipinski definition) is 6. The van der Waals surface area contributed by atoms with E-state index in [0.29, 0.717) is 22.3 Å². The highest BCUT2D eigenvalue weighted by atomic mass is 32.2. The monoisotopic (exact) mass is 444 g/mol. The first-order valence-electron chi connectivity index (χ1n) is 9.47. The van der Waals surface area contributed by atoms with Crippen LogP contribution in [0.4, 0.5) is 4.39 Å². The van der Waals surface area contributed by atoms with E-state index in [1.807, 2.05) is 4.57 Å². The molecule has 0 spiro atoms. The van der Waals surface area contributed by atoms with E-state index in [2.05, 4.69) is 10.2 Å². The molecule has 10 heteroatoms. The summed E-state index contributed by atoms with van der Waals surface area (Å²) in [6.45, 7) is 0.0209. The minimum absolute atomic E-state index is 0.0209. The van der Waals surface area contributed by atoms with E-state index >= 15 is 0 Å². The van der Waals surface area contributed by atoms with Gasteiger partial charge in [0.1, 0.15) is 10.7 Å². The van der Waals surface area contributed by atoms with Crippen LogP contribution in [-0.2, 0) is 10.0 Å². The number of nitrogens with zero attached hydrogens (tertiary/aromatic N) is 4. The second kappa shape index (κ2) is 7.21. The van der Waals surface area contributed by atoms with Crippen LogP contribution < -0.4 is 0 Å². The molecule has 2 heterocycles. The Morgan fingerprint density at radius 3 is 2.43 bits per heavy atom. The Bertz CT molecular complexity index is 1250. The molecule has 0 unspecified atom stereocenters. The summed E-state index contributed by atoms with van der Waals surface area (Å²) in [6.07, 6.45) is 1.92. The van der Waals surface area contributed by atoms with Crippen molar-refractivity contribution in [1.29, 1.82) is 0 Å². The molecule has 154 valence electrons. The normalized spacial score (nSPS) is 17.4. The Labute approximate surface area is 177 Å². The molecule has 1 aromatic heterocycles. The average molecular weight is 445 g/mol. The molecule has 0 N–H and O–H groups in total. The maximum absolute atomic E-state index is 14.3. The van der Waals surface area contributed by atoms with Crippen LogP contribution in [0, 0.1) is 5.82 Å².